The topological polar surface area (TPSA) is 77.8 Å². The number of aryl methyl sites for hydroxylation is 1. The fourth-order valence-corrected chi connectivity index (χ4v) is 2.95. The van der Waals surface area contributed by atoms with Gasteiger partial charge in [-0.25, -0.2) is 4.79 Å². The fraction of sp³-hybridized carbons (Fsp3) is 0.368. The summed E-state index contributed by atoms with van der Waals surface area (Å²) < 4.78 is 12.2. The van der Waals surface area contributed by atoms with Gasteiger partial charge < -0.3 is 19.1 Å². The summed E-state index contributed by atoms with van der Waals surface area (Å²) in [5.41, 5.74) is 2.32. The first-order valence-electron chi connectivity index (χ1n) is 8.02. The van der Waals surface area contributed by atoms with Crippen LogP contribution in [0, 0.1) is 13.8 Å². The van der Waals surface area contributed by atoms with Crippen molar-refractivity contribution in [2.45, 2.75) is 33.7 Å². The van der Waals surface area contributed by atoms with E-state index in [4.69, 9.17) is 9.47 Å². The largest absolute Gasteiger partial charge is 0.507 e. The molecule has 1 N–H and O–H groups in total. The molecule has 0 aliphatic carbocycles. The maximum atomic E-state index is 12.4. The van der Waals surface area contributed by atoms with E-state index in [-0.39, 0.29) is 23.1 Å². The maximum Gasteiger partial charge on any atom is 0.342 e. The zero-order valence-electron chi connectivity index (χ0n) is 15.1. The average Bonchev–Trinajstić information content (AvgIpc) is 2.87. The van der Waals surface area contributed by atoms with Gasteiger partial charge in [-0.2, -0.15) is 0 Å². The third-order valence-corrected chi connectivity index (χ3v) is 4.06. The number of ketones is 1. The van der Waals surface area contributed by atoms with Crippen LogP contribution in [-0.2, 0) is 4.74 Å². The summed E-state index contributed by atoms with van der Waals surface area (Å²) in [6, 6.07) is 6.27. The molecule has 0 atom stereocenters. The number of nitrogens with zero attached hydrogens (tertiary/aromatic N) is 1. The maximum absolute atomic E-state index is 12.4. The van der Waals surface area contributed by atoms with E-state index in [1.54, 1.807) is 6.07 Å². The Hall–Kier alpha value is -2.76. The smallest absolute Gasteiger partial charge is 0.342 e. The molecule has 0 bridgehead atoms. The standard InChI is InChI=1S/C19H23NO5/c1-11(2)20-12(3)8-15(13(20)4)18(22)10-25-19(23)16-9-14(24-5)6-7-17(16)21/h6-9,11,21H,10H2,1-5H3. The Kier molecular flexibility index (Phi) is 5.51. The second-order valence-electron chi connectivity index (χ2n) is 6.13. The summed E-state index contributed by atoms with van der Waals surface area (Å²) in [6.07, 6.45) is 0. The minimum absolute atomic E-state index is 0.0418. The normalized spacial score (nSPS) is 10.8. The van der Waals surface area contributed by atoms with Crippen molar-refractivity contribution in [3.8, 4) is 11.5 Å². The first-order chi connectivity index (χ1) is 11.8. The number of aromatic nitrogens is 1. The van der Waals surface area contributed by atoms with Crippen molar-refractivity contribution in [2.24, 2.45) is 0 Å². The van der Waals surface area contributed by atoms with Gasteiger partial charge in [0, 0.05) is 23.0 Å². The number of rotatable bonds is 6. The second-order valence-corrected chi connectivity index (χ2v) is 6.13. The molecule has 1 heterocycles. The van der Waals surface area contributed by atoms with Gasteiger partial charge >= 0.3 is 5.97 Å². The summed E-state index contributed by atoms with van der Waals surface area (Å²) in [6.45, 7) is 7.50. The van der Waals surface area contributed by atoms with Crippen LogP contribution in [0.4, 0.5) is 0 Å². The summed E-state index contributed by atoms with van der Waals surface area (Å²) in [7, 11) is 1.45. The van der Waals surface area contributed by atoms with Crippen LogP contribution in [0.3, 0.4) is 0 Å². The minimum atomic E-state index is -0.776. The van der Waals surface area contributed by atoms with Crippen molar-refractivity contribution in [3.05, 3.63) is 46.8 Å². The summed E-state index contributed by atoms with van der Waals surface area (Å²) in [5, 5.41) is 9.78. The number of carbonyl (C=O) groups excluding carboxylic acids is 2. The van der Waals surface area contributed by atoms with Gasteiger partial charge in [0.2, 0.25) is 5.78 Å². The van der Waals surface area contributed by atoms with Crippen molar-refractivity contribution in [3.63, 3.8) is 0 Å². The van der Waals surface area contributed by atoms with Crippen molar-refractivity contribution in [2.75, 3.05) is 13.7 Å². The Bertz CT molecular complexity index is 804. The van der Waals surface area contributed by atoms with Gasteiger partial charge in [-0.1, -0.05) is 0 Å². The monoisotopic (exact) mass is 345 g/mol. The molecule has 0 fully saturated rings. The highest BCUT2D eigenvalue weighted by atomic mass is 16.5. The molecule has 0 unspecified atom stereocenters. The van der Waals surface area contributed by atoms with Crippen LogP contribution in [0.25, 0.3) is 0 Å². The van der Waals surface area contributed by atoms with Crippen molar-refractivity contribution in [1.29, 1.82) is 0 Å². The molecule has 0 aliphatic rings. The van der Waals surface area contributed by atoms with Crippen molar-refractivity contribution in [1.82, 2.24) is 4.57 Å². The first-order valence-corrected chi connectivity index (χ1v) is 8.02. The van der Waals surface area contributed by atoms with E-state index in [0.29, 0.717) is 11.3 Å². The number of Topliss-reactive ketones (excluding diaryl/α,β-unsaturated/α-hetero) is 1. The van der Waals surface area contributed by atoms with E-state index in [9.17, 15) is 14.7 Å². The highest BCUT2D eigenvalue weighted by Gasteiger charge is 2.20. The number of benzene rings is 1. The van der Waals surface area contributed by atoms with Gasteiger partial charge in [0.1, 0.15) is 17.1 Å². The lowest BCUT2D eigenvalue weighted by Gasteiger charge is -2.13. The number of hydrogen-bond acceptors (Lipinski definition) is 5. The van der Waals surface area contributed by atoms with Gasteiger partial charge in [-0.05, 0) is 52.0 Å². The quantitative estimate of drug-likeness (QED) is 0.641. The number of methoxy groups -OCH3 is 1. The Balaban J connectivity index is 2.13. The molecule has 6 heteroatoms. The number of ether oxygens (including phenoxy) is 2. The molecule has 2 rings (SSSR count). The average molecular weight is 345 g/mol. The number of carbonyl (C=O) groups is 2. The highest BCUT2D eigenvalue weighted by molar-refractivity contribution is 6.01. The van der Waals surface area contributed by atoms with Crippen molar-refractivity contribution >= 4 is 11.8 Å². The van der Waals surface area contributed by atoms with Crippen LogP contribution >= 0.6 is 0 Å². The molecular weight excluding hydrogens is 322 g/mol. The van der Waals surface area contributed by atoms with Gasteiger partial charge in [0.05, 0.1) is 7.11 Å². The molecule has 0 aliphatic heterocycles. The van der Waals surface area contributed by atoms with Crippen LogP contribution in [0.5, 0.6) is 11.5 Å². The predicted molar refractivity (Wildman–Crippen MR) is 93.6 cm³/mol. The fourth-order valence-electron chi connectivity index (χ4n) is 2.95. The second kappa shape index (κ2) is 7.42. The van der Waals surface area contributed by atoms with Crippen LogP contribution < -0.4 is 4.74 Å². The summed E-state index contributed by atoms with van der Waals surface area (Å²) in [5.74, 6) is -0.869. The first kappa shape index (κ1) is 18.6. The summed E-state index contributed by atoms with van der Waals surface area (Å²) in [4.78, 5) is 24.6. The molecule has 25 heavy (non-hydrogen) atoms. The highest BCUT2D eigenvalue weighted by Crippen LogP contribution is 2.24. The van der Waals surface area contributed by atoms with Gasteiger partial charge in [-0.3, -0.25) is 4.79 Å². The molecule has 0 saturated heterocycles. The van der Waals surface area contributed by atoms with E-state index in [1.807, 2.05) is 27.7 Å². The zero-order valence-corrected chi connectivity index (χ0v) is 15.1. The molecule has 0 amide bonds. The number of esters is 1. The minimum Gasteiger partial charge on any atom is -0.507 e. The number of hydrogen-bond donors (Lipinski definition) is 1. The van der Waals surface area contributed by atoms with Crippen LogP contribution in [0.15, 0.2) is 24.3 Å². The molecule has 0 saturated carbocycles. The van der Waals surface area contributed by atoms with Gasteiger partial charge in [0.25, 0.3) is 0 Å². The molecule has 0 radical (unpaired) electrons. The molecule has 2 aromatic rings. The zero-order chi connectivity index (χ0) is 18.7. The third kappa shape index (κ3) is 3.84. The van der Waals surface area contributed by atoms with Crippen LogP contribution in [0.1, 0.15) is 52.0 Å². The Labute approximate surface area is 147 Å². The molecule has 134 valence electrons. The van der Waals surface area contributed by atoms with E-state index >= 15 is 0 Å². The lowest BCUT2D eigenvalue weighted by atomic mass is 10.1. The van der Waals surface area contributed by atoms with E-state index in [1.165, 1.54) is 25.3 Å². The third-order valence-electron chi connectivity index (χ3n) is 4.06. The van der Waals surface area contributed by atoms with Gasteiger partial charge in [-0.15, -0.1) is 0 Å². The number of aromatic hydroxyl groups is 1. The summed E-state index contributed by atoms with van der Waals surface area (Å²) >= 11 is 0. The lowest BCUT2D eigenvalue weighted by molar-refractivity contribution is 0.0471. The van der Waals surface area contributed by atoms with Crippen LogP contribution in [0.2, 0.25) is 0 Å². The van der Waals surface area contributed by atoms with Crippen molar-refractivity contribution < 1.29 is 24.2 Å². The Morgan fingerprint density at radius 1 is 1.16 bits per heavy atom. The SMILES string of the molecule is COc1ccc(O)c(C(=O)OCC(=O)c2cc(C)n(C(C)C)c2C)c1. The molecule has 0 spiro atoms. The van der Waals surface area contributed by atoms with E-state index < -0.39 is 12.6 Å². The van der Waals surface area contributed by atoms with E-state index in [0.717, 1.165) is 11.4 Å². The number of phenolic OH excluding ortho intramolecular Hbond substituents is 1. The van der Waals surface area contributed by atoms with Crippen LogP contribution in [-0.4, -0.2) is 35.1 Å². The number of phenols is 1. The van der Waals surface area contributed by atoms with E-state index in [2.05, 4.69) is 4.57 Å². The Morgan fingerprint density at radius 2 is 1.84 bits per heavy atom. The van der Waals surface area contributed by atoms with Gasteiger partial charge in [0.15, 0.2) is 6.61 Å². The molecular formula is C19H23NO5. The predicted octanol–water partition coefficient (Wildman–Crippen LogP) is 3.44. The molecule has 1 aromatic carbocycles. The molecule has 6 nitrogen and oxygen atoms in total. The lowest BCUT2D eigenvalue weighted by Crippen LogP contribution is -2.15. The Morgan fingerprint density at radius 3 is 2.40 bits per heavy atom. The molecule has 1 aromatic heterocycles.